The van der Waals surface area contributed by atoms with Gasteiger partial charge < -0.3 is 0 Å². The Morgan fingerprint density at radius 3 is 2.73 bits per heavy atom. The predicted octanol–water partition coefficient (Wildman–Crippen LogP) is 2.89. The maximum absolute atomic E-state index is 9.16. The van der Waals surface area contributed by atoms with Gasteiger partial charge in [0.15, 0.2) is 0 Å². The van der Waals surface area contributed by atoms with Crippen molar-refractivity contribution in [2.24, 2.45) is 0 Å². The number of hydrogen-bond donors (Lipinski definition) is 1. The molecule has 3 aromatic heterocycles. The van der Waals surface area contributed by atoms with Crippen LogP contribution in [0.3, 0.4) is 0 Å². The molecule has 0 amide bonds. The van der Waals surface area contributed by atoms with Gasteiger partial charge in [-0.1, -0.05) is 0 Å². The van der Waals surface area contributed by atoms with Crippen LogP contribution in [0, 0.1) is 0 Å². The minimum absolute atomic E-state index is 0.0870. The summed E-state index contributed by atoms with van der Waals surface area (Å²) in [5.74, 6) is 1.30. The quantitative estimate of drug-likeness (QED) is 0.572. The van der Waals surface area contributed by atoms with Crippen LogP contribution in [-0.2, 0) is 13.2 Å². The van der Waals surface area contributed by atoms with Gasteiger partial charge in [-0.15, -0.1) is 0 Å². The summed E-state index contributed by atoms with van der Waals surface area (Å²) in [6, 6.07) is 16.1. The van der Waals surface area contributed by atoms with E-state index in [1.165, 1.54) is 15.3 Å². The summed E-state index contributed by atoms with van der Waals surface area (Å²) in [6.45, 7) is 0.660. The van der Waals surface area contributed by atoms with Crippen LogP contribution < -0.4 is 0 Å². The van der Waals surface area contributed by atoms with E-state index in [2.05, 4.69) is 23.1 Å². The third-order valence-corrected chi connectivity index (χ3v) is 5.49. The normalized spacial score (nSPS) is 11.3. The third kappa shape index (κ3) is 2.33. The summed E-state index contributed by atoms with van der Waals surface area (Å²) in [7, 11) is 0. The Bertz CT molecular complexity index is 905. The van der Waals surface area contributed by atoms with E-state index in [0.29, 0.717) is 5.76 Å². The number of rotatable bonds is 4. The average molecular weight is 357 g/mol. The van der Waals surface area contributed by atoms with E-state index in [-0.39, 0.29) is 21.1 Å². The first-order valence-electron chi connectivity index (χ1n) is 7.03. The topological polar surface area (TPSA) is 51.2 Å². The summed E-state index contributed by atoms with van der Waals surface area (Å²) in [6.07, 6.45) is 0. The fourth-order valence-corrected chi connectivity index (χ4v) is 4.38. The van der Waals surface area contributed by atoms with Crippen molar-refractivity contribution in [3.05, 3.63) is 64.8 Å². The molecule has 0 radical (unpaired) electrons. The van der Waals surface area contributed by atoms with E-state index in [1.807, 2.05) is 28.9 Å². The molecule has 0 aliphatic carbocycles. The zero-order valence-electron chi connectivity index (χ0n) is 11.8. The molecule has 5 heteroatoms. The zero-order chi connectivity index (χ0) is 14.9. The SMILES string of the molecule is OCc1ccc(-c2nn(Cc3ccccc3)c3cc[se]c23)o1. The number of nitrogens with zero attached hydrogens (tertiary/aromatic N) is 2. The van der Waals surface area contributed by atoms with E-state index < -0.39 is 0 Å². The van der Waals surface area contributed by atoms with Crippen molar-refractivity contribution >= 4 is 24.3 Å². The summed E-state index contributed by atoms with van der Waals surface area (Å²) in [4.78, 5) is 2.21. The molecule has 0 fully saturated rings. The zero-order valence-corrected chi connectivity index (χ0v) is 13.5. The standard InChI is InChI=1S/C17H14N2O2Se/c20-11-13-6-7-15(21-13)16-17-14(8-9-22-17)19(18-16)10-12-4-2-1-3-5-12/h1-9,20H,10-11H2. The predicted molar refractivity (Wildman–Crippen MR) is 85.8 cm³/mol. The van der Waals surface area contributed by atoms with Crippen LogP contribution in [0.1, 0.15) is 11.3 Å². The number of aliphatic hydroxyl groups excluding tert-OH is 1. The van der Waals surface area contributed by atoms with Gasteiger partial charge in [0.2, 0.25) is 0 Å². The van der Waals surface area contributed by atoms with Crippen LogP contribution in [-0.4, -0.2) is 29.4 Å². The first-order chi connectivity index (χ1) is 10.8. The fraction of sp³-hybridized carbons (Fsp3) is 0.118. The Morgan fingerprint density at radius 2 is 1.95 bits per heavy atom. The minimum atomic E-state index is -0.0870. The van der Waals surface area contributed by atoms with Gasteiger partial charge in [0.05, 0.1) is 0 Å². The van der Waals surface area contributed by atoms with Gasteiger partial charge in [-0.3, -0.25) is 0 Å². The molecular weight excluding hydrogens is 343 g/mol. The van der Waals surface area contributed by atoms with Crippen molar-refractivity contribution < 1.29 is 9.52 Å². The summed E-state index contributed by atoms with van der Waals surface area (Å²) in [5, 5.41) is 13.9. The van der Waals surface area contributed by atoms with Gasteiger partial charge in [0.1, 0.15) is 0 Å². The van der Waals surface area contributed by atoms with Gasteiger partial charge in [-0.25, -0.2) is 0 Å². The molecule has 0 aliphatic rings. The molecule has 0 bridgehead atoms. The van der Waals surface area contributed by atoms with Crippen LogP contribution in [0.2, 0.25) is 0 Å². The van der Waals surface area contributed by atoms with Crippen LogP contribution >= 0.6 is 0 Å². The van der Waals surface area contributed by atoms with Crippen molar-refractivity contribution in [1.82, 2.24) is 9.78 Å². The number of aromatic nitrogens is 2. The van der Waals surface area contributed by atoms with Crippen LogP contribution in [0.5, 0.6) is 0 Å². The summed E-state index contributed by atoms with van der Waals surface area (Å²) in [5.41, 5.74) is 3.29. The van der Waals surface area contributed by atoms with E-state index in [0.717, 1.165) is 18.0 Å². The second kappa shape index (κ2) is 5.61. The van der Waals surface area contributed by atoms with E-state index in [1.54, 1.807) is 6.07 Å². The van der Waals surface area contributed by atoms with Gasteiger partial charge in [0.25, 0.3) is 0 Å². The molecule has 110 valence electrons. The second-order valence-corrected chi connectivity index (χ2v) is 6.97. The Balaban J connectivity index is 1.79. The molecule has 0 saturated heterocycles. The number of furan rings is 1. The van der Waals surface area contributed by atoms with Crippen molar-refractivity contribution in [1.29, 1.82) is 0 Å². The fourth-order valence-electron chi connectivity index (χ4n) is 2.53. The molecule has 4 nitrogen and oxygen atoms in total. The first-order valence-corrected chi connectivity index (χ1v) is 8.87. The Morgan fingerprint density at radius 1 is 1.09 bits per heavy atom. The molecule has 0 saturated carbocycles. The Hall–Kier alpha value is -2.07. The maximum atomic E-state index is 9.16. The summed E-state index contributed by atoms with van der Waals surface area (Å²) >= 11 is 0.284. The molecule has 1 N–H and O–H groups in total. The molecule has 0 spiro atoms. The number of fused-ring (bicyclic) bond motifs is 1. The van der Waals surface area contributed by atoms with Gasteiger partial charge in [-0.05, 0) is 0 Å². The molecule has 4 rings (SSSR count). The third-order valence-electron chi connectivity index (χ3n) is 3.58. The van der Waals surface area contributed by atoms with Crippen molar-refractivity contribution in [3.8, 4) is 11.5 Å². The monoisotopic (exact) mass is 358 g/mol. The van der Waals surface area contributed by atoms with Gasteiger partial charge >= 0.3 is 133 Å². The number of aliphatic hydroxyl groups is 1. The van der Waals surface area contributed by atoms with Crippen molar-refractivity contribution in [3.63, 3.8) is 0 Å². The van der Waals surface area contributed by atoms with Gasteiger partial charge in [0, 0.05) is 0 Å². The Labute approximate surface area is 133 Å². The molecule has 4 aromatic rings. The first kappa shape index (κ1) is 13.6. The Kier molecular flexibility index (Phi) is 3.46. The second-order valence-electron chi connectivity index (χ2n) is 5.05. The van der Waals surface area contributed by atoms with E-state index >= 15 is 0 Å². The van der Waals surface area contributed by atoms with E-state index in [4.69, 9.17) is 14.6 Å². The summed E-state index contributed by atoms with van der Waals surface area (Å²) < 4.78 is 8.95. The number of benzene rings is 1. The van der Waals surface area contributed by atoms with Crippen LogP contribution in [0.15, 0.2) is 57.9 Å². The van der Waals surface area contributed by atoms with Crippen LogP contribution in [0.4, 0.5) is 0 Å². The average Bonchev–Trinajstić information content (AvgIpc) is 3.25. The number of hydrogen-bond acceptors (Lipinski definition) is 3. The molecule has 0 atom stereocenters. The van der Waals surface area contributed by atoms with Crippen molar-refractivity contribution in [2.75, 3.05) is 0 Å². The molecule has 1 aromatic carbocycles. The van der Waals surface area contributed by atoms with E-state index in [9.17, 15) is 0 Å². The molecule has 0 aliphatic heterocycles. The van der Waals surface area contributed by atoms with Gasteiger partial charge in [-0.2, -0.15) is 0 Å². The molecule has 3 heterocycles. The molecule has 0 unspecified atom stereocenters. The molecular formula is C17H14N2O2Se. The van der Waals surface area contributed by atoms with Crippen LogP contribution in [0.25, 0.3) is 21.2 Å². The van der Waals surface area contributed by atoms with Crippen molar-refractivity contribution in [2.45, 2.75) is 13.2 Å². The molecule has 22 heavy (non-hydrogen) atoms.